The van der Waals surface area contributed by atoms with Crippen molar-refractivity contribution in [2.75, 3.05) is 0 Å². The molecule has 0 fully saturated rings. The van der Waals surface area contributed by atoms with Gasteiger partial charge in [0.15, 0.2) is 18.9 Å². The standard InChI is InChI=1S/C13H13ClN/c1-11-5-4-8-15(9-11)10-12-6-2-3-7-13(12)14/h2-9H,10H2,1H3/q+1. The summed E-state index contributed by atoms with van der Waals surface area (Å²) in [6.45, 7) is 2.91. The summed E-state index contributed by atoms with van der Waals surface area (Å²) in [5.74, 6) is 0. The zero-order valence-corrected chi connectivity index (χ0v) is 9.41. The van der Waals surface area contributed by atoms with Crippen LogP contribution >= 0.6 is 11.6 Å². The number of hydrogen-bond acceptors (Lipinski definition) is 0. The van der Waals surface area contributed by atoms with Gasteiger partial charge in [0, 0.05) is 17.2 Å². The summed E-state index contributed by atoms with van der Waals surface area (Å²) >= 11 is 6.10. The maximum Gasteiger partial charge on any atom is 0.175 e. The minimum atomic E-state index is 0.821. The Morgan fingerprint density at radius 2 is 1.93 bits per heavy atom. The molecule has 0 amide bonds. The minimum absolute atomic E-state index is 0.821. The van der Waals surface area contributed by atoms with Crippen LogP contribution in [-0.4, -0.2) is 0 Å². The van der Waals surface area contributed by atoms with Gasteiger partial charge in [-0.3, -0.25) is 0 Å². The van der Waals surface area contributed by atoms with Crippen LogP contribution in [0.5, 0.6) is 0 Å². The molecule has 0 radical (unpaired) electrons. The van der Waals surface area contributed by atoms with Crippen molar-refractivity contribution in [3.63, 3.8) is 0 Å². The smallest absolute Gasteiger partial charge is 0.175 e. The van der Waals surface area contributed by atoms with Crippen molar-refractivity contribution in [3.05, 3.63) is 64.9 Å². The molecular weight excluding hydrogens is 206 g/mol. The van der Waals surface area contributed by atoms with Crippen LogP contribution in [0.1, 0.15) is 11.1 Å². The van der Waals surface area contributed by atoms with E-state index in [9.17, 15) is 0 Å². The van der Waals surface area contributed by atoms with Crippen molar-refractivity contribution in [2.45, 2.75) is 13.5 Å². The van der Waals surface area contributed by atoms with Gasteiger partial charge >= 0.3 is 0 Å². The molecule has 1 aromatic heterocycles. The number of nitrogens with zero attached hydrogens (tertiary/aromatic N) is 1. The molecule has 2 rings (SSSR count). The number of pyridine rings is 1. The van der Waals surface area contributed by atoms with E-state index in [4.69, 9.17) is 11.6 Å². The Morgan fingerprint density at radius 3 is 2.67 bits per heavy atom. The Labute approximate surface area is 95.0 Å². The Bertz CT molecular complexity index is 466. The fraction of sp³-hybridized carbons (Fsp3) is 0.154. The molecule has 1 nitrogen and oxygen atoms in total. The fourth-order valence-electron chi connectivity index (χ4n) is 1.57. The number of benzene rings is 1. The van der Waals surface area contributed by atoms with Crippen LogP contribution in [0.2, 0.25) is 5.02 Å². The van der Waals surface area contributed by atoms with Gasteiger partial charge in [-0.15, -0.1) is 0 Å². The maximum atomic E-state index is 6.10. The quantitative estimate of drug-likeness (QED) is 0.683. The lowest BCUT2D eigenvalue weighted by atomic mass is 10.2. The molecule has 0 unspecified atom stereocenters. The van der Waals surface area contributed by atoms with E-state index in [1.165, 1.54) is 5.56 Å². The first-order chi connectivity index (χ1) is 7.25. The molecule has 0 spiro atoms. The van der Waals surface area contributed by atoms with E-state index in [1.807, 2.05) is 24.3 Å². The summed E-state index contributed by atoms with van der Waals surface area (Å²) in [7, 11) is 0. The number of aromatic nitrogens is 1. The van der Waals surface area contributed by atoms with Gasteiger partial charge in [-0.1, -0.05) is 29.8 Å². The minimum Gasteiger partial charge on any atom is -0.200 e. The molecule has 76 valence electrons. The van der Waals surface area contributed by atoms with Gasteiger partial charge in [0.2, 0.25) is 0 Å². The zero-order chi connectivity index (χ0) is 10.7. The van der Waals surface area contributed by atoms with E-state index in [2.05, 4.69) is 36.0 Å². The van der Waals surface area contributed by atoms with Gasteiger partial charge in [-0.05, 0) is 19.1 Å². The van der Waals surface area contributed by atoms with Crippen LogP contribution in [0.25, 0.3) is 0 Å². The molecule has 0 N–H and O–H groups in total. The molecule has 1 aromatic carbocycles. The summed E-state index contributed by atoms with van der Waals surface area (Å²) in [5.41, 5.74) is 2.40. The number of hydrogen-bond donors (Lipinski definition) is 0. The van der Waals surface area contributed by atoms with Crippen LogP contribution in [0, 0.1) is 6.92 Å². The summed E-state index contributed by atoms with van der Waals surface area (Å²) < 4.78 is 2.14. The molecular formula is C13H13ClN+. The van der Waals surface area contributed by atoms with E-state index in [0.29, 0.717) is 0 Å². The molecule has 2 aromatic rings. The van der Waals surface area contributed by atoms with Crippen molar-refractivity contribution < 1.29 is 4.57 Å². The summed E-state index contributed by atoms with van der Waals surface area (Å²) in [4.78, 5) is 0. The summed E-state index contributed by atoms with van der Waals surface area (Å²) in [5, 5.41) is 0.825. The Morgan fingerprint density at radius 1 is 1.13 bits per heavy atom. The van der Waals surface area contributed by atoms with Crippen LogP contribution in [-0.2, 0) is 6.54 Å². The largest absolute Gasteiger partial charge is 0.200 e. The van der Waals surface area contributed by atoms with Crippen LogP contribution in [0.3, 0.4) is 0 Å². The monoisotopic (exact) mass is 218 g/mol. The summed E-state index contributed by atoms with van der Waals surface area (Å²) in [6.07, 6.45) is 4.17. The fourth-order valence-corrected chi connectivity index (χ4v) is 1.77. The van der Waals surface area contributed by atoms with Crippen LogP contribution in [0.4, 0.5) is 0 Å². The number of rotatable bonds is 2. The molecule has 15 heavy (non-hydrogen) atoms. The summed E-state index contributed by atoms with van der Waals surface area (Å²) in [6, 6.07) is 12.1. The molecule has 0 aliphatic heterocycles. The Hall–Kier alpha value is -1.34. The van der Waals surface area contributed by atoms with Crippen LogP contribution in [0.15, 0.2) is 48.8 Å². The van der Waals surface area contributed by atoms with Gasteiger partial charge in [0.25, 0.3) is 0 Å². The van der Waals surface area contributed by atoms with E-state index >= 15 is 0 Å². The first-order valence-electron chi connectivity index (χ1n) is 4.95. The SMILES string of the molecule is Cc1ccc[n+](Cc2ccccc2Cl)c1. The number of aryl methyl sites for hydroxylation is 1. The van der Waals surface area contributed by atoms with Crippen molar-refractivity contribution in [2.24, 2.45) is 0 Å². The third-order valence-electron chi connectivity index (χ3n) is 2.32. The van der Waals surface area contributed by atoms with Crippen molar-refractivity contribution >= 4 is 11.6 Å². The maximum absolute atomic E-state index is 6.10. The third-order valence-corrected chi connectivity index (χ3v) is 2.69. The zero-order valence-electron chi connectivity index (χ0n) is 8.65. The molecule has 0 saturated carbocycles. The van der Waals surface area contributed by atoms with E-state index in [0.717, 1.165) is 17.1 Å². The normalized spacial score (nSPS) is 10.3. The molecule has 1 heterocycles. The lowest BCUT2D eigenvalue weighted by Crippen LogP contribution is -2.33. The van der Waals surface area contributed by atoms with E-state index in [-0.39, 0.29) is 0 Å². The van der Waals surface area contributed by atoms with Gasteiger partial charge in [0.05, 0.1) is 5.02 Å². The van der Waals surface area contributed by atoms with Crippen LogP contribution < -0.4 is 4.57 Å². The molecule has 0 aliphatic rings. The first kappa shape index (κ1) is 10.2. The first-order valence-corrected chi connectivity index (χ1v) is 5.32. The molecule has 0 bridgehead atoms. The highest BCUT2D eigenvalue weighted by Gasteiger charge is 2.05. The van der Waals surface area contributed by atoms with Crippen molar-refractivity contribution in [1.82, 2.24) is 0 Å². The average Bonchev–Trinajstić information content (AvgIpc) is 2.22. The molecule has 2 heteroatoms. The van der Waals surface area contributed by atoms with E-state index < -0.39 is 0 Å². The predicted octanol–water partition coefficient (Wildman–Crippen LogP) is 2.98. The topological polar surface area (TPSA) is 3.88 Å². The second-order valence-electron chi connectivity index (χ2n) is 3.65. The Kier molecular flexibility index (Phi) is 3.02. The molecule has 0 aliphatic carbocycles. The predicted molar refractivity (Wildman–Crippen MR) is 61.9 cm³/mol. The van der Waals surface area contributed by atoms with Gasteiger partial charge < -0.3 is 0 Å². The second kappa shape index (κ2) is 4.45. The number of halogens is 1. The van der Waals surface area contributed by atoms with Gasteiger partial charge in [-0.25, -0.2) is 4.57 Å². The Balaban J connectivity index is 2.26. The molecule has 0 atom stereocenters. The van der Waals surface area contributed by atoms with Gasteiger partial charge in [-0.2, -0.15) is 0 Å². The van der Waals surface area contributed by atoms with Crippen molar-refractivity contribution in [3.8, 4) is 0 Å². The second-order valence-corrected chi connectivity index (χ2v) is 4.05. The highest BCUT2D eigenvalue weighted by Crippen LogP contribution is 2.14. The third kappa shape index (κ3) is 2.57. The average molecular weight is 219 g/mol. The lowest BCUT2D eigenvalue weighted by Gasteiger charge is -2.00. The highest BCUT2D eigenvalue weighted by atomic mass is 35.5. The molecule has 0 saturated heterocycles. The highest BCUT2D eigenvalue weighted by molar-refractivity contribution is 6.31. The lowest BCUT2D eigenvalue weighted by molar-refractivity contribution is -0.688. The van der Waals surface area contributed by atoms with Gasteiger partial charge in [0.1, 0.15) is 0 Å². The van der Waals surface area contributed by atoms with E-state index in [1.54, 1.807) is 0 Å². The van der Waals surface area contributed by atoms with Crippen molar-refractivity contribution in [1.29, 1.82) is 0 Å².